The number of aromatic nitrogens is 2. The fourth-order valence-corrected chi connectivity index (χ4v) is 3.62. The van der Waals surface area contributed by atoms with Crippen molar-refractivity contribution < 1.29 is 24.3 Å². The Morgan fingerprint density at radius 1 is 1.26 bits per heavy atom. The van der Waals surface area contributed by atoms with Gasteiger partial charge in [0.05, 0.1) is 18.1 Å². The summed E-state index contributed by atoms with van der Waals surface area (Å²) in [5.41, 5.74) is 6.22. The van der Waals surface area contributed by atoms with Gasteiger partial charge in [0.15, 0.2) is 0 Å². The standard InChI is InChI=1S/C20H32N6O5/c1-11(2)7-15(20(30)31)25-17(27)14(8-13-9-22-10-23-13)24-18(28)16-5-4-6-26(16)19(29)12(3)21/h9-12,14-16H,4-8,21H2,1-3H3,(H,22,23)(H,24,28)(H,25,27)(H,30,31)/t12-,14-,15-,16-/m0/s1. The first-order valence-electron chi connectivity index (χ1n) is 10.5. The Hall–Kier alpha value is -2.95. The largest absolute Gasteiger partial charge is 0.480 e. The highest BCUT2D eigenvalue weighted by molar-refractivity contribution is 5.94. The zero-order chi connectivity index (χ0) is 23.1. The highest BCUT2D eigenvalue weighted by Gasteiger charge is 2.37. The van der Waals surface area contributed by atoms with Crippen molar-refractivity contribution in [1.29, 1.82) is 0 Å². The maximum absolute atomic E-state index is 13.0. The topological polar surface area (TPSA) is 171 Å². The Morgan fingerprint density at radius 3 is 2.52 bits per heavy atom. The van der Waals surface area contributed by atoms with E-state index < -0.39 is 42.0 Å². The molecule has 0 aromatic carbocycles. The van der Waals surface area contributed by atoms with Crippen molar-refractivity contribution in [1.82, 2.24) is 25.5 Å². The number of rotatable bonds is 10. The second kappa shape index (κ2) is 10.9. The normalized spacial score (nSPS) is 19.0. The molecule has 6 N–H and O–H groups in total. The minimum absolute atomic E-state index is 0.0529. The number of nitrogens with zero attached hydrogens (tertiary/aromatic N) is 2. The molecule has 0 bridgehead atoms. The van der Waals surface area contributed by atoms with Crippen LogP contribution in [0, 0.1) is 5.92 Å². The van der Waals surface area contributed by atoms with E-state index in [2.05, 4.69) is 20.6 Å². The summed E-state index contributed by atoms with van der Waals surface area (Å²) in [7, 11) is 0. The van der Waals surface area contributed by atoms with Crippen molar-refractivity contribution in [2.75, 3.05) is 6.54 Å². The van der Waals surface area contributed by atoms with Gasteiger partial charge in [-0.15, -0.1) is 0 Å². The summed E-state index contributed by atoms with van der Waals surface area (Å²) in [5.74, 6) is -2.51. The summed E-state index contributed by atoms with van der Waals surface area (Å²) in [6.45, 7) is 5.69. The van der Waals surface area contributed by atoms with E-state index in [1.165, 1.54) is 11.2 Å². The second-order valence-electron chi connectivity index (χ2n) is 8.33. The molecule has 172 valence electrons. The van der Waals surface area contributed by atoms with Crippen LogP contribution in [0.4, 0.5) is 0 Å². The molecular formula is C20H32N6O5. The number of aromatic amines is 1. The van der Waals surface area contributed by atoms with Crippen molar-refractivity contribution in [3.8, 4) is 0 Å². The van der Waals surface area contributed by atoms with Gasteiger partial charge in [-0.05, 0) is 32.1 Å². The molecule has 1 aromatic heterocycles. The van der Waals surface area contributed by atoms with Crippen LogP contribution in [0.3, 0.4) is 0 Å². The number of carboxylic acids is 1. The van der Waals surface area contributed by atoms with E-state index in [1.54, 1.807) is 13.1 Å². The molecule has 3 amide bonds. The third-order valence-corrected chi connectivity index (χ3v) is 5.15. The second-order valence-corrected chi connectivity index (χ2v) is 8.33. The van der Waals surface area contributed by atoms with E-state index in [4.69, 9.17) is 5.73 Å². The third-order valence-electron chi connectivity index (χ3n) is 5.15. The molecule has 31 heavy (non-hydrogen) atoms. The van der Waals surface area contributed by atoms with E-state index in [0.29, 0.717) is 25.1 Å². The van der Waals surface area contributed by atoms with Gasteiger partial charge < -0.3 is 31.4 Å². The van der Waals surface area contributed by atoms with Gasteiger partial charge in [0, 0.05) is 19.2 Å². The molecule has 1 fully saturated rings. The predicted molar refractivity (Wildman–Crippen MR) is 112 cm³/mol. The van der Waals surface area contributed by atoms with Crippen LogP contribution < -0.4 is 16.4 Å². The van der Waals surface area contributed by atoms with Crippen molar-refractivity contribution in [3.63, 3.8) is 0 Å². The maximum Gasteiger partial charge on any atom is 0.326 e. The number of likely N-dealkylation sites (tertiary alicyclic amines) is 1. The van der Waals surface area contributed by atoms with Crippen LogP contribution >= 0.6 is 0 Å². The number of carbonyl (C=O) groups excluding carboxylic acids is 3. The summed E-state index contributed by atoms with van der Waals surface area (Å²) in [6, 6.07) is -3.57. The number of carboxylic acid groups (broad SMARTS) is 1. The van der Waals surface area contributed by atoms with Gasteiger partial charge in [0.2, 0.25) is 17.7 Å². The Bertz CT molecular complexity index is 779. The van der Waals surface area contributed by atoms with Crippen molar-refractivity contribution >= 4 is 23.7 Å². The first-order chi connectivity index (χ1) is 14.6. The Morgan fingerprint density at radius 2 is 1.97 bits per heavy atom. The molecule has 11 nitrogen and oxygen atoms in total. The van der Waals surface area contributed by atoms with Crippen molar-refractivity contribution in [3.05, 3.63) is 18.2 Å². The van der Waals surface area contributed by atoms with Gasteiger partial charge in [0.25, 0.3) is 0 Å². The molecular weight excluding hydrogens is 404 g/mol. The molecule has 2 heterocycles. The van der Waals surface area contributed by atoms with E-state index in [0.717, 1.165) is 0 Å². The number of aliphatic carboxylic acids is 1. The lowest BCUT2D eigenvalue weighted by molar-refractivity contribution is -0.143. The van der Waals surface area contributed by atoms with Crippen LogP contribution in [0.15, 0.2) is 12.5 Å². The summed E-state index contributed by atoms with van der Waals surface area (Å²) in [6.07, 6.45) is 4.49. The third kappa shape index (κ3) is 6.78. The number of nitrogens with one attached hydrogen (secondary N) is 3. The van der Waals surface area contributed by atoms with Crippen LogP contribution in [-0.4, -0.2) is 74.4 Å². The van der Waals surface area contributed by atoms with E-state index in [-0.39, 0.29) is 24.7 Å². The van der Waals surface area contributed by atoms with Crippen molar-refractivity contribution in [2.24, 2.45) is 11.7 Å². The van der Waals surface area contributed by atoms with Gasteiger partial charge in [-0.1, -0.05) is 13.8 Å². The van der Waals surface area contributed by atoms with E-state index >= 15 is 0 Å². The van der Waals surface area contributed by atoms with Crippen LogP contribution in [0.5, 0.6) is 0 Å². The fourth-order valence-electron chi connectivity index (χ4n) is 3.62. The lowest BCUT2D eigenvalue weighted by Gasteiger charge is -2.28. The van der Waals surface area contributed by atoms with Gasteiger partial charge in [-0.25, -0.2) is 9.78 Å². The predicted octanol–water partition coefficient (Wildman–Crippen LogP) is -0.609. The average Bonchev–Trinajstić information content (AvgIpc) is 3.37. The molecule has 4 atom stereocenters. The van der Waals surface area contributed by atoms with Crippen molar-refractivity contribution in [2.45, 2.75) is 70.6 Å². The van der Waals surface area contributed by atoms with Gasteiger partial charge in [0.1, 0.15) is 18.1 Å². The zero-order valence-electron chi connectivity index (χ0n) is 18.1. The monoisotopic (exact) mass is 436 g/mol. The molecule has 0 radical (unpaired) electrons. The maximum atomic E-state index is 13.0. The lowest BCUT2D eigenvalue weighted by Crippen LogP contribution is -2.57. The van der Waals surface area contributed by atoms with E-state index in [1.807, 2.05) is 13.8 Å². The molecule has 1 aliphatic rings. The van der Waals surface area contributed by atoms with Crippen LogP contribution in [0.25, 0.3) is 0 Å². The highest BCUT2D eigenvalue weighted by atomic mass is 16.4. The zero-order valence-corrected chi connectivity index (χ0v) is 18.1. The molecule has 1 aromatic rings. The number of imidazole rings is 1. The summed E-state index contributed by atoms with van der Waals surface area (Å²) >= 11 is 0. The SMILES string of the molecule is CC(C)C[C@H](NC(=O)[C@H](Cc1c[nH]cn1)NC(=O)[C@@H]1CCCN1C(=O)[C@H](C)N)C(=O)O. The minimum atomic E-state index is -1.14. The Balaban J connectivity index is 2.15. The van der Waals surface area contributed by atoms with Crippen LogP contribution in [-0.2, 0) is 25.6 Å². The summed E-state index contributed by atoms with van der Waals surface area (Å²) < 4.78 is 0. The van der Waals surface area contributed by atoms with Crippen LogP contribution in [0.1, 0.15) is 45.7 Å². The molecule has 0 spiro atoms. The molecule has 1 saturated heterocycles. The number of nitrogens with two attached hydrogens (primary N) is 1. The average molecular weight is 437 g/mol. The molecule has 11 heteroatoms. The van der Waals surface area contributed by atoms with Gasteiger partial charge in [-0.2, -0.15) is 0 Å². The fraction of sp³-hybridized carbons (Fsp3) is 0.650. The highest BCUT2D eigenvalue weighted by Crippen LogP contribution is 2.19. The smallest absolute Gasteiger partial charge is 0.326 e. The van der Waals surface area contributed by atoms with Gasteiger partial charge in [-0.3, -0.25) is 14.4 Å². The first kappa shape index (κ1) is 24.3. The number of H-pyrrole nitrogens is 1. The minimum Gasteiger partial charge on any atom is -0.480 e. The Labute approximate surface area is 181 Å². The van der Waals surface area contributed by atoms with Gasteiger partial charge >= 0.3 is 5.97 Å². The summed E-state index contributed by atoms with van der Waals surface area (Å²) in [4.78, 5) is 58.0. The first-order valence-corrected chi connectivity index (χ1v) is 10.5. The number of amides is 3. The molecule has 0 aliphatic carbocycles. The molecule has 1 aliphatic heterocycles. The quantitative estimate of drug-likeness (QED) is 0.326. The molecule has 2 rings (SSSR count). The Kier molecular flexibility index (Phi) is 8.55. The summed E-state index contributed by atoms with van der Waals surface area (Å²) in [5, 5.41) is 14.6. The number of hydrogen-bond acceptors (Lipinski definition) is 6. The lowest BCUT2D eigenvalue weighted by atomic mass is 10.0. The number of carbonyl (C=O) groups is 4. The van der Waals surface area contributed by atoms with E-state index in [9.17, 15) is 24.3 Å². The molecule has 0 unspecified atom stereocenters. The number of hydrogen-bond donors (Lipinski definition) is 5. The van der Waals surface area contributed by atoms with Crippen LogP contribution in [0.2, 0.25) is 0 Å². The molecule has 0 saturated carbocycles.